The van der Waals surface area contributed by atoms with Gasteiger partial charge in [0.2, 0.25) is 0 Å². The summed E-state index contributed by atoms with van der Waals surface area (Å²) in [6, 6.07) is 14.4. The van der Waals surface area contributed by atoms with Crippen LogP contribution in [0.2, 0.25) is 0 Å². The topological polar surface area (TPSA) is 113 Å². The third-order valence-corrected chi connectivity index (χ3v) is 6.98. The number of amides is 1. The molecule has 0 aliphatic rings. The van der Waals surface area contributed by atoms with Gasteiger partial charge in [-0.3, -0.25) is 4.79 Å². The Balaban J connectivity index is 1.76. The molecule has 3 aromatic carbocycles. The van der Waals surface area contributed by atoms with Gasteiger partial charge in [0.15, 0.2) is 23.0 Å². The van der Waals surface area contributed by atoms with E-state index in [-0.39, 0.29) is 16.4 Å². The van der Waals surface area contributed by atoms with Gasteiger partial charge >= 0.3 is 10.1 Å². The van der Waals surface area contributed by atoms with Crippen molar-refractivity contribution in [3.8, 4) is 23.0 Å². The van der Waals surface area contributed by atoms with Crippen molar-refractivity contribution in [3.63, 3.8) is 0 Å². The predicted molar refractivity (Wildman–Crippen MR) is 149 cm³/mol. The maximum Gasteiger partial charge on any atom is 0.339 e. The van der Waals surface area contributed by atoms with Crippen LogP contribution in [-0.2, 0) is 10.1 Å². The number of ether oxygens (including phenoxy) is 3. The first kappa shape index (κ1) is 28.3. The van der Waals surface area contributed by atoms with Crippen molar-refractivity contribution in [1.82, 2.24) is 5.43 Å². The minimum Gasteiger partial charge on any atom is -0.493 e. The molecule has 0 aliphatic carbocycles. The predicted octanol–water partition coefficient (Wildman–Crippen LogP) is 4.94. The van der Waals surface area contributed by atoms with E-state index in [1.807, 2.05) is 43.4 Å². The van der Waals surface area contributed by atoms with Gasteiger partial charge in [-0.25, -0.2) is 5.43 Å². The molecule has 37 heavy (non-hydrogen) atoms. The first-order chi connectivity index (χ1) is 17.7. The third kappa shape index (κ3) is 7.35. The number of hydrazone groups is 1. The van der Waals surface area contributed by atoms with Crippen molar-refractivity contribution >= 4 is 44.8 Å². The molecule has 0 fully saturated rings. The Morgan fingerprint density at radius 2 is 1.65 bits per heavy atom. The molecule has 0 aromatic heterocycles. The van der Waals surface area contributed by atoms with E-state index in [9.17, 15) is 13.2 Å². The maximum atomic E-state index is 12.8. The summed E-state index contributed by atoms with van der Waals surface area (Å²) in [5.74, 6) is 0.839. The number of hydrogen-bond donors (Lipinski definition) is 1. The molecule has 9 nitrogen and oxygen atoms in total. The summed E-state index contributed by atoms with van der Waals surface area (Å²) in [5.41, 5.74) is 4.30. The standard InChI is InChI=1S/C26H27IN2O7S/c1-5-34-22-12-9-19(15-23(22)35-6-2)26(30)29-28-16-18-13-21(27)25(24(14-18)33-4)36-37(31,32)20-10-7-17(3)8-11-20/h7-16H,5-6H2,1-4H3,(H,29,30)/b28-16+. The summed E-state index contributed by atoms with van der Waals surface area (Å²) in [6.07, 6.45) is 1.42. The molecule has 0 saturated heterocycles. The Morgan fingerprint density at radius 3 is 2.30 bits per heavy atom. The van der Waals surface area contributed by atoms with Gasteiger partial charge in [0, 0.05) is 5.56 Å². The summed E-state index contributed by atoms with van der Waals surface area (Å²) in [5, 5.41) is 4.01. The van der Waals surface area contributed by atoms with Gasteiger partial charge in [0.25, 0.3) is 5.91 Å². The zero-order valence-electron chi connectivity index (χ0n) is 20.8. The fraction of sp³-hybridized carbons (Fsp3) is 0.231. The zero-order valence-corrected chi connectivity index (χ0v) is 23.8. The van der Waals surface area contributed by atoms with E-state index in [0.717, 1.165) is 5.56 Å². The molecule has 0 atom stereocenters. The fourth-order valence-electron chi connectivity index (χ4n) is 3.18. The number of halogens is 1. The number of methoxy groups -OCH3 is 1. The van der Waals surface area contributed by atoms with Gasteiger partial charge in [0.05, 0.1) is 30.1 Å². The van der Waals surface area contributed by atoms with Crippen LogP contribution in [0.25, 0.3) is 0 Å². The highest BCUT2D eigenvalue weighted by molar-refractivity contribution is 14.1. The second kappa shape index (κ2) is 12.8. The van der Waals surface area contributed by atoms with Crippen LogP contribution in [0, 0.1) is 10.5 Å². The van der Waals surface area contributed by atoms with E-state index in [2.05, 4.69) is 10.5 Å². The lowest BCUT2D eigenvalue weighted by Crippen LogP contribution is -2.18. The van der Waals surface area contributed by atoms with Gasteiger partial charge in [-0.2, -0.15) is 13.5 Å². The number of benzene rings is 3. The van der Waals surface area contributed by atoms with Crippen molar-refractivity contribution in [2.24, 2.45) is 5.10 Å². The van der Waals surface area contributed by atoms with Crippen molar-refractivity contribution < 1.29 is 31.6 Å². The second-order valence-corrected chi connectivity index (χ2v) is 10.3. The van der Waals surface area contributed by atoms with E-state index < -0.39 is 16.0 Å². The number of carbonyl (C=O) groups excluding carboxylic acids is 1. The quantitative estimate of drug-likeness (QED) is 0.137. The number of carbonyl (C=O) groups is 1. The van der Waals surface area contributed by atoms with Crippen LogP contribution in [0.4, 0.5) is 0 Å². The Kier molecular flexibility index (Phi) is 9.75. The van der Waals surface area contributed by atoms with E-state index in [1.165, 1.54) is 25.5 Å². The second-order valence-electron chi connectivity index (χ2n) is 7.61. The molecule has 1 N–H and O–H groups in total. The molecule has 0 radical (unpaired) electrons. The smallest absolute Gasteiger partial charge is 0.339 e. The van der Waals surface area contributed by atoms with E-state index in [4.69, 9.17) is 18.4 Å². The van der Waals surface area contributed by atoms with E-state index >= 15 is 0 Å². The van der Waals surface area contributed by atoms with Crippen LogP contribution >= 0.6 is 22.6 Å². The molecule has 1 amide bonds. The molecule has 0 aliphatic heterocycles. The number of rotatable bonds is 11. The average Bonchev–Trinajstić information content (AvgIpc) is 2.87. The van der Waals surface area contributed by atoms with Crippen LogP contribution in [-0.4, -0.2) is 40.9 Å². The molecular formula is C26H27IN2O7S. The lowest BCUT2D eigenvalue weighted by molar-refractivity contribution is 0.0954. The molecule has 3 rings (SSSR count). The number of nitrogens with zero attached hydrogens (tertiary/aromatic N) is 1. The van der Waals surface area contributed by atoms with Crippen molar-refractivity contribution in [1.29, 1.82) is 0 Å². The largest absolute Gasteiger partial charge is 0.493 e. The number of hydrogen-bond acceptors (Lipinski definition) is 8. The molecule has 11 heteroatoms. The Labute approximate surface area is 230 Å². The van der Waals surface area contributed by atoms with Crippen molar-refractivity contribution in [3.05, 3.63) is 74.9 Å². The maximum absolute atomic E-state index is 12.8. The highest BCUT2D eigenvalue weighted by Gasteiger charge is 2.22. The van der Waals surface area contributed by atoms with Crippen molar-refractivity contribution in [2.75, 3.05) is 20.3 Å². The molecule has 3 aromatic rings. The van der Waals surface area contributed by atoms with Crippen LogP contribution in [0.5, 0.6) is 23.0 Å². The van der Waals surface area contributed by atoms with Gasteiger partial charge in [-0.05, 0) is 91.4 Å². The van der Waals surface area contributed by atoms with Crippen LogP contribution in [0.3, 0.4) is 0 Å². The Hall–Kier alpha value is -3.32. The SMILES string of the molecule is CCOc1ccc(C(=O)N/N=C/c2cc(I)c(OS(=O)(=O)c3ccc(C)cc3)c(OC)c2)cc1OCC. The molecule has 0 heterocycles. The van der Waals surface area contributed by atoms with Gasteiger partial charge < -0.3 is 18.4 Å². The first-order valence-corrected chi connectivity index (χ1v) is 13.8. The monoisotopic (exact) mass is 638 g/mol. The summed E-state index contributed by atoms with van der Waals surface area (Å²) >= 11 is 1.95. The molecular weight excluding hydrogens is 611 g/mol. The molecule has 0 saturated carbocycles. The molecule has 196 valence electrons. The lowest BCUT2D eigenvalue weighted by Gasteiger charge is -2.13. The number of nitrogens with one attached hydrogen (secondary N) is 1. The minimum absolute atomic E-state index is 0.0334. The van der Waals surface area contributed by atoms with Crippen LogP contribution in [0.1, 0.15) is 35.3 Å². The molecule has 0 unspecified atom stereocenters. The van der Waals surface area contributed by atoms with Crippen LogP contribution < -0.4 is 23.8 Å². The van der Waals surface area contributed by atoms with Crippen molar-refractivity contribution in [2.45, 2.75) is 25.7 Å². The van der Waals surface area contributed by atoms with Gasteiger partial charge in [-0.1, -0.05) is 17.7 Å². The third-order valence-electron chi connectivity index (χ3n) is 4.94. The first-order valence-electron chi connectivity index (χ1n) is 11.3. The number of aryl methyl sites for hydroxylation is 1. The molecule has 0 bridgehead atoms. The van der Waals surface area contributed by atoms with Gasteiger partial charge in [0.1, 0.15) is 4.90 Å². The van der Waals surface area contributed by atoms with E-state index in [0.29, 0.717) is 39.4 Å². The highest BCUT2D eigenvalue weighted by atomic mass is 127. The summed E-state index contributed by atoms with van der Waals surface area (Å²) in [7, 11) is -2.66. The molecule has 0 spiro atoms. The van der Waals surface area contributed by atoms with E-state index in [1.54, 1.807) is 42.5 Å². The normalized spacial score (nSPS) is 11.3. The Morgan fingerprint density at radius 1 is 0.973 bits per heavy atom. The summed E-state index contributed by atoms with van der Waals surface area (Å²) in [4.78, 5) is 12.6. The summed E-state index contributed by atoms with van der Waals surface area (Å²) < 4.78 is 47.8. The lowest BCUT2D eigenvalue weighted by atomic mass is 10.2. The minimum atomic E-state index is -4.07. The van der Waals surface area contributed by atoms with Crippen LogP contribution in [0.15, 0.2) is 64.6 Å². The Bertz CT molecular complexity index is 1390. The average molecular weight is 638 g/mol. The highest BCUT2D eigenvalue weighted by Crippen LogP contribution is 2.35. The fourth-order valence-corrected chi connectivity index (χ4v) is 5.02. The zero-order chi connectivity index (χ0) is 27.0. The van der Waals surface area contributed by atoms with Gasteiger partial charge in [-0.15, -0.1) is 0 Å². The summed E-state index contributed by atoms with van der Waals surface area (Å²) in [6.45, 7) is 6.47.